The van der Waals surface area contributed by atoms with E-state index in [9.17, 15) is 4.79 Å². The number of hydrogen-bond acceptors (Lipinski definition) is 5. The van der Waals surface area contributed by atoms with E-state index in [0.717, 1.165) is 25.0 Å². The zero-order chi connectivity index (χ0) is 13.8. The molecule has 7 heteroatoms. The van der Waals surface area contributed by atoms with E-state index in [1.165, 1.54) is 16.2 Å². The summed E-state index contributed by atoms with van der Waals surface area (Å²) in [5.74, 6) is -0.0354. The van der Waals surface area contributed by atoms with Crippen molar-refractivity contribution < 1.29 is 9.53 Å². The van der Waals surface area contributed by atoms with Gasteiger partial charge >= 0.3 is 5.97 Å². The number of thiazole rings is 1. The SMILES string of the molecule is CCOC(=O)C[C@@H]1CCCc2sc(N=C(N)N)nc21. The van der Waals surface area contributed by atoms with E-state index in [1.807, 2.05) is 6.92 Å². The monoisotopic (exact) mass is 282 g/mol. The number of carbonyl (C=O) groups excluding carboxylic acids is 1. The third-order valence-electron chi connectivity index (χ3n) is 3.00. The maximum atomic E-state index is 11.6. The Hall–Kier alpha value is -1.63. The van der Waals surface area contributed by atoms with Gasteiger partial charge in [0.15, 0.2) is 5.96 Å². The van der Waals surface area contributed by atoms with Crippen molar-refractivity contribution in [3.63, 3.8) is 0 Å². The number of carbonyl (C=O) groups is 1. The van der Waals surface area contributed by atoms with Gasteiger partial charge < -0.3 is 16.2 Å². The summed E-state index contributed by atoms with van der Waals surface area (Å²) in [4.78, 5) is 21.2. The van der Waals surface area contributed by atoms with Gasteiger partial charge in [-0.2, -0.15) is 4.99 Å². The minimum absolute atomic E-state index is 0.00744. The quantitative estimate of drug-likeness (QED) is 0.494. The lowest BCUT2D eigenvalue weighted by Gasteiger charge is -2.19. The van der Waals surface area contributed by atoms with E-state index in [1.54, 1.807) is 0 Å². The molecule has 0 saturated heterocycles. The first kappa shape index (κ1) is 13.8. The molecule has 1 aliphatic carbocycles. The molecule has 0 unspecified atom stereocenters. The van der Waals surface area contributed by atoms with Gasteiger partial charge in [0.1, 0.15) is 0 Å². The van der Waals surface area contributed by atoms with Gasteiger partial charge in [-0.3, -0.25) is 4.79 Å². The van der Waals surface area contributed by atoms with Gasteiger partial charge in [-0.05, 0) is 26.2 Å². The van der Waals surface area contributed by atoms with Crippen molar-refractivity contribution >= 4 is 28.4 Å². The molecule has 1 heterocycles. The van der Waals surface area contributed by atoms with E-state index >= 15 is 0 Å². The predicted octanol–water partition coefficient (Wildman–Crippen LogP) is 1.42. The molecular formula is C12H18N4O2S. The van der Waals surface area contributed by atoms with Gasteiger partial charge in [0, 0.05) is 10.8 Å². The summed E-state index contributed by atoms with van der Waals surface area (Å²) in [6, 6.07) is 0. The van der Waals surface area contributed by atoms with Crippen molar-refractivity contribution in [2.45, 2.75) is 38.5 Å². The Kier molecular flexibility index (Phi) is 4.36. The van der Waals surface area contributed by atoms with Gasteiger partial charge in [-0.25, -0.2) is 4.98 Å². The number of aryl methyl sites for hydroxylation is 1. The summed E-state index contributed by atoms with van der Waals surface area (Å²) in [6.07, 6.45) is 3.37. The highest BCUT2D eigenvalue weighted by molar-refractivity contribution is 7.15. The van der Waals surface area contributed by atoms with Gasteiger partial charge in [0.05, 0.1) is 18.7 Å². The summed E-state index contributed by atoms with van der Waals surface area (Å²) in [7, 11) is 0. The minimum atomic E-state index is -0.170. The number of fused-ring (bicyclic) bond motifs is 1. The van der Waals surface area contributed by atoms with Crippen molar-refractivity contribution in [2.24, 2.45) is 16.5 Å². The van der Waals surface area contributed by atoms with Crippen LogP contribution in [0.1, 0.15) is 42.7 Å². The van der Waals surface area contributed by atoms with E-state index < -0.39 is 0 Å². The molecule has 0 bridgehead atoms. The predicted molar refractivity (Wildman–Crippen MR) is 74.5 cm³/mol. The molecule has 1 aromatic heterocycles. The van der Waals surface area contributed by atoms with Gasteiger partial charge in [-0.1, -0.05) is 11.3 Å². The molecule has 0 aliphatic heterocycles. The van der Waals surface area contributed by atoms with Crippen LogP contribution in [0.3, 0.4) is 0 Å². The second-order valence-electron chi connectivity index (χ2n) is 4.44. The lowest BCUT2D eigenvalue weighted by Crippen LogP contribution is -2.21. The van der Waals surface area contributed by atoms with Crippen LogP contribution in [0.2, 0.25) is 0 Å². The molecule has 6 nitrogen and oxygen atoms in total. The molecule has 1 aliphatic rings. The lowest BCUT2D eigenvalue weighted by molar-refractivity contribution is -0.143. The molecule has 0 aromatic carbocycles. The van der Waals surface area contributed by atoms with Crippen LogP contribution in [0.15, 0.2) is 4.99 Å². The average molecular weight is 282 g/mol. The number of rotatable bonds is 4. The molecule has 0 saturated carbocycles. The third kappa shape index (κ3) is 3.44. The number of esters is 1. The second kappa shape index (κ2) is 6.01. The summed E-state index contributed by atoms with van der Waals surface area (Å²) in [6.45, 7) is 2.22. The van der Waals surface area contributed by atoms with Crippen molar-refractivity contribution in [3.05, 3.63) is 10.6 Å². The van der Waals surface area contributed by atoms with Crippen LogP contribution in [-0.2, 0) is 16.0 Å². The van der Waals surface area contributed by atoms with Crippen LogP contribution >= 0.6 is 11.3 Å². The number of guanidine groups is 1. The van der Waals surface area contributed by atoms with Gasteiger partial charge in [-0.15, -0.1) is 0 Å². The van der Waals surface area contributed by atoms with Crippen LogP contribution in [0.4, 0.5) is 5.13 Å². The molecule has 4 N–H and O–H groups in total. The summed E-state index contributed by atoms with van der Waals surface area (Å²) in [5.41, 5.74) is 11.7. The fourth-order valence-electron chi connectivity index (χ4n) is 2.27. The average Bonchev–Trinajstić information content (AvgIpc) is 2.71. The third-order valence-corrected chi connectivity index (χ3v) is 4.03. The maximum Gasteiger partial charge on any atom is 0.306 e. The Bertz CT molecular complexity index is 494. The summed E-state index contributed by atoms with van der Waals surface area (Å²) in [5, 5.41) is 0.570. The van der Waals surface area contributed by atoms with Crippen LogP contribution < -0.4 is 11.5 Å². The Balaban J connectivity index is 2.16. The Morgan fingerprint density at radius 1 is 1.58 bits per heavy atom. The minimum Gasteiger partial charge on any atom is -0.466 e. The molecule has 104 valence electrons. The number of aliphatic imine (C=N–C) groups is 1. The first-order chi connectivity index (χ1) is 9.10. The summed E-state index contributed by atoms with van der Waals surface area (Å²) < 4.78 is 5.00. The standard InChI is InChI=1S/C12H18N4O2S/c1-2-18-9(17)6-7-4-3-5-8-10(7)15-12(19-8)16-11(13)14/h7H,2-6H2,1H3,(H4,13,14,15,16)/t7-/m0/s1. The number of aromatic nitrogens is 1. The normalized spacial score (nSPS) is 17.6. The highest BCUT2D eigenvalue weighted by Crippen LogP contribution is 2.39. The summed E-state index contributed by atoms with van der Waals surface area (Å²) >= 11 is 1.50. The van der Waals surface area contributed by atoms with E-state index in [-0.39, 0.29) is 17.8 Å². The second-order valence-corrected chi connectivity index (χ2v) is 5.50. The molecule has 0 radical (unpaired) electrons. The molecule has 19 heavy (non-hydrogen) atoms. The first-order valence-corrected chi connectivity index (χ1v) is 7.16. The van der Waals surface area contributed by atoms with E-state index in [4.69, 9.17) is 16.2 Å². The van der Waals surface area contributed by atoms with Crippen LogP contribution in [0.5, 0.6) is 0 Å². The molecule has 0 amide bonds. The highest BCUT2D eigenvalue weighted by atomic mass is 32.1. The molecule has 0 spiro atoms. The van der Waals surface area contributed by atoms with Crippen molar-refractivity contribution in [3.8, 4) is 0 Å². The smallest absolute Gasteiger partial charge is 0.306 e. The highest BCUT2D eigenvalue weighted by Gasteiger charge is 2.27. The van der Waals surface area contributed by atoms with Crippen LogP contribution in [0, 0.1) is 0 Å². The Morgan fingerprint density at radius 2 is 2.37 bits per heavy atom. The number of nitrogens with zero attached hydrogens (tertiary/aromatic N) is 2. The topological polar surface area (TPSA) is 104 Å². The molecule has 1 aromatic rings. The zero-order valence-electron chi connectivity index (χ0n) is 10.9. The van der Waals surface area contributed by atoms with Crippen molar-refractivity contribution in [2.75, 3.05) is 6.61 Å². The fourth-order valence-corrected chi connectivity index (χ4v) is 3.35. The van der Waals surface area contributed by atoms with Crippen molar-refractivity contribution in [1.82, 2.24) is 4.98 Å². The number of nitrogens with two attached hydrogens (primary N) is 2. The van der Waals surface area contributed by atoms with Gasteiger partial charge in [0.2, 0.25) is 5.13 Å². The molecule has 2 rings (SSSR count). The maximum absolute atomic E-state index is 11.6. The number of hydrogen-bond donors (Lipinski definition) is 2. The number of ether oxygens (including phenoxy) is 1. The fraction of sp³-hybridized carbons (Fsp3) is 0.583. The Morgan fingerprint density at radius 3 is 3.05 bits per heavy atom. The van der Waals surface area contributed by atoms with Crippen molar-refractivity contribution in [1.29, 1.82) is 0 Å². The van der Waals surface area contributed by atoms with E-state index in [0.29, 0.717) is 18.2 Å². The molecular weight excluding hydrogens is 264 g/mol. The largest absolute Gasteiger partial charge is 0.466 e. The van der Waals surface area contributed by atoms with Gasteiger partial charge in [0.25, 0.3) is 0 Å². The van der Waals surface area contributed by atoms with E-state index in [2.05, 4.69) is 9.98 Å². The van der Waals surface area contributed by atoms with Crippen LogP contribution in [-0.4, -0.2) is 23.5 Å². The molecule has 1 atom stereocenters. The molecule has 0 fully saturated rings. The zero-order valence-corrected chi connectivity index (χ0v) is 11.7. The first-order valence-electron chi connectivity index (χ1n) is 6.35. The lowest BCUT2D eigenvalue weighted by atomic mass is 9.88. The van der Waals surface area contributed by atoms with Crippen LogP contribution in [0.25, 0.3) is 0 Å². The Labute approximate surface area is 115 Å².